The second-order valence-electron chi connectivity index (χ2n) is 4.59. The van der Waals surface area contributed by atoms with Gasteiger partial charge in [-0.2, -0.15) is 0 Å². The van der Waals surface area contributed by atoms with Crippen LogP contribution in [0.3, 0.4) is 0 Å². The van der Waals surface area contributed by atoms with Gasteiger partial charge in [-0.1, -0.05) is 25.1 Å². The Morgan fingerprint density at radius 1 is 1.50 bits per heavy atom. The predicted molar refractivity (Wildman–Crippen MR) is 70.1 cm³/mol. The number of hydrogen-bond acceptors (Lipinski definition) is 3. The van der Waals surface area contributed by atoms with E-state index in [1.807, 2.05) is 19.2 Å². The molecule has 18 heavy (non-hydrogen) atoms. The van der Waals surface area contributed by atoms with Crippen LogP contribution in [0.25, 0.3) is 0 Å². The van der Waals surface area contributed by atoms with E-state index in [1.54, 1.807) is 6.07 Å². The number of benzene rings is 1. The molecule has 1 aromatic rings. The van der Waals surface area contributed by atoms with Crippen molar-refractivity contribution in [3.63, 3.8) is 0 Å². The summed E-state index contributed by atoms with van der Waals surface area (Å²) in [6, 6.07) is 6.81. The highest BCUT2D eigenvalue weighted by atomic mass is 19.1. The van der Waals surface area contributed by atoms with Crippen LogP contribution in [0.5, 0.6) is 0 Å². The van der Waals surface area contributed by atoms with Gasteiger partial charge in [0.05, 0.1) is 18.8 Å². The summed E-state index contributed by atoms with van der Waals surface area (Å²) in [4.78, 5) is 2.33. The predicted octanol–water partition coefficient (Wildman–Crippen LogP) is 1.81. The Morgan fingerprint density at radius 3 is 2.94 bits per heavy atom. The standard InChI is InChI=1S/C14H21FN2O/c1-3-17-8-9-18-13(10-17)14(16-2)11-6-4-5-7-12(11)15/h4-7,13-14,16H,3,8-10H2,1-2H3. The molecule has 1 fully saturated rings. The maximum atomic E-state index is 13.9. The van der Waals surface area contributed by atoms with E-state index in [-0.39, 0.29) is 18.0 Å². The summed E-state index contributed by atoms with van der Waals surface area (Å²) in [5, 5.41) is 3.18. The molecule has 0 bridgehead atoms. The first-order valence-corrected chi connectivity index (χ1v) is 6.52. The molecule has 1 N–H and O–H groups in total. The van der Waals surface area contributed by atoms with Crippen molar-refractivity contribution in [2.75, 3.05) is 33.3 Å². The molecule has 1 heterocycles. The minimum atomic E-state index is -0.172. The van der Waals surface area contributed by atoms with Gasteiger partial charge in [0.2, 0.25) is 0 Å². The normalized spacial score (nSPS) is 22.9. The number of rotatable bonds is 4. The topological polar surface area (TPSA) is 24.5 Å². The number of morpholine rings is 1. The van der Waals surface area contributed by atoms with Gasteiger partial charge in [0, 0.05) is 18.7 Å². The molecule has 3 nitrogen and oxygen atoms in total. The Bertz CT molecular complexity index is 386. The van der Waals surface area contributed by atoms with Crippen molar-refractivity contribution >= 4 is 0 Å². The van der Waals surface area contributed by atoms with Crippen LogP contribution in [-0.2, 0) is 4.74 Å². The minimum absolute atomic E-state index is 0.000556. The Hall–Kier alpha value is -0.970. The fourth-order valence-electron chi connectivity index (χ4n) is 2.49. The fourth-order valence-corrected chi connectivity index (χ4v) is 2.49. The Balaban J connectivity index is 2.15. The highest BCUT2D eigenvalue weighted by Crippen LogP contribution is 2.24. The van der Waals surface area contributed by atoms with Gasteiger partial charge >= 0.3 is 0 Å². The lowest BCUT2D eigenvalue weighted by Gasteiger charge is -2.36. The smallest absolute Gasteiger partial charge is 0.128 e. The van der Waals surface area contributed by atoms with Crippen LogP contribution in [0.1, 0.15) is 18.5 Å². The Labute approximate surface area is 108 Å². The van der Waals surface area contributed by atoms with Gasteiger partial charge in [0.15, 0.2) is 0 Å². The molecule has 2 atom stereocenters. The maximum Gasteiger partial charge on any atom is 0.128 e. The van der Waals surface area contributed by atoms with Crippen molar-refractivity contribution in [1.82, 2.24) is 10.2 Å². The molecule has 100 valence electrons. The van der Waals surface area contributed by atoms with Gasteiger partial charge in [-0.25, -0.2) is 4.39 Å². The van der Waals surface area contributed by atoms with Gasteiger partial charge in [-0.3, -0.25) is 4.90 Å². The molecule has 0 aromatic heterocycles. The molecule has 2 rings (SSSR count). The number of halogens is 1. The first-order valence-electron chi connectivity index (χ1n) is 6.52. The van der Waals surface area contributed by atoms with Crippen LogP contribution < -0.4 is 5.32 Å². The zero-order valence-electron chi connectivity index (χ0n) is 11.0. The second-order valence-corrected chi connectivity index (χ2v) is 4.59. The molecule has 1 aromatic carbocycles. The van der Waals surface area contributed by atoms with E-state index in [2.05, 4.69) is 17.1 Å². The van der Waals surface area contributed by atoms with Crippen molar-refractivity contribution in [2.45, 2.75) is 19.1 Å². The molecule has 0 saturated carbocycles. The molecule has 0 spiro atoms. The van der Waals surface area contributed by atoms with Gasteiger partial charge in [-0.05, 0) is 19.7 Å². The van der Waals surface area contributed by atoms with Crippen LogP contribution in [-0.4, -0.2) is 44.3 Å². The van der Waals surface area contributed by atoms with E-state index in [4.69, 9.17) is 4.74 Å². The van der Waals surface area contributed by atoms with E-state index in [9.17, 15) is 4.39 Å². The maximum absolute atomic E-state index is 13.9. The SMILES string of the molecule is CCN1CCOC(C(NC)c2ccccc2F)C1. The summed E-state index contributed by atoms with van der Waals surface area (Å²) < 4.78 is 19.7. The van der Waals surface area contributed by atoms with Gasteiger partial charge in [0.1, 0.15) is 5.82 Å². The van der Waals surface area contributed by atoms with E-state index in [0.717, 1.165) is 19.6 Å². The highest BCUT2D eigenvalue weighted by Gasteiger charge is 2.29. The lowest BCUT2D eigenvalue weighted by Crippen LogP contribution is -2.47. The third kappa shape index (κ3) is 2.88. The Kier molecular flexibility index (Phi) is 4.69. The third-order valence-electron chi connectivity index (χ3n) is 3.55. The molecule has 0 amide bonds. The number of hydrogen-bond donors (Lipinski definition) is 1. The van der Waals surface area contributed by atoms with Crippen molar-refractivity contribution in [2.24, 2.45) is 0 Å². The van der Waals surface area contributed by atoms with E-state index < -0.39 is 0 Å². The van der Waals surface area contributed by atoms with Crippen molar-refractivity contribution in [3.05, 3.63) is 35.6 Å². The summed E-state index contributed by atoms with van der Waals surface area (Å²) in [6.07, 6.45) is 0.000556. The van der Waals surface area contributed by atoms with Crippen molar-refractivity contribution in [3.8, 4) is 0 Å². The minimum Gasteiger partial charge on any atom is -0.374 e. The van der Waals surface area contributed by atoms with E-state index in [0.29, 0.717) is 12.2 Å². The van der Waals surface area contributed by atoms with Crippen LogP contribution in [0.15, 0.2) is 24.3 Å². The summed E-state index contributed by atoms with van der Waals surface area (Å²) in [6.45, 7) is 5.66. The van der Waals surface area contributed by atoms with E-state index in [1.165, 1.54) is 6.07 Å². The second kappa shape index (κ2) is 6.27. The summed E-state index contributed by atoms with van der Waals surface area (Å²) in [5.41, 5.74) is 0.683. The molecular weight excluding hydrogens is 231 g/mol. The van der Waals surface area contributed by atoms with Crippen LogP contribution in [0.4, 0.5) is 4.39 Å². The van der Waals surface area contributed by atoms with E-state index >= 15 is 0 Å². The zero-order chi connectivity index (χ0) is 13.0. The van der Waals surface area contributed by atoms with Crippen LogP contribution >= 0.6 is 0 Å². The fraction of sp³-hybridized carbons (Fsp3) is 0.571. The van der Waals surface area contributed by atoms with Crippen LogP contribution in [0, 0.1) is 5.82 Å². The average molecular weight is 252 g/mol. The Morgan fingerprint density at radius 2 is 2.28 bits per heavy atom. The van der Waals surface area contributed by atoms with Crippen LogP contribution in [0.2, 0.25) is 0 Å². The van der Waals surface area contributed by atoms with Gasteiger partial charge < -0.3 is 10.1 Å². The molecule has 1 aliphatic heterocycles. The zero-order valence-corrected chi connectivity index (χ0v) is 11.0. The van der Waals surface area contributed by atoms with Gasteiger partial charge in [0.25, 0.3) is 0 Å². The molecule has 1 saturated heterocycles. The third-order valence-corrected chi connectivity index (χ3v) is 3.55. The molecule has 1 aliphatic rings. The van der Waals surface area contributed by atoms with Crippen molar-refractivity contribution in [1.29, 1.82) is 0 Å². The largest absolute Gasteiger partial charge is 0.374 e. The lowest BCUT2D eigenvalue weighted by atomic mass is 9.99. The molecule has 0 radical (unpaired) electrons. The van der Waals surface area contributed by atoms with Crippen molar-refractivity contribution < 1.29 is 9.13 Å². The number of nitrogens with one attached hydrogen (secondary N) is 1. The highest BCUT2D eigenvalue weighted by molar-refractivity contribution is 5.22. The first kappa shape index (κ1) is 13.5. The first-order chi connectivity index (χ1) is 8.76. The molecular formula is C14H21FN2O. The quantitative estimate of drug-likeness (QED) is 0.884. The van der Waals surface area contributed by atoms with Gasteiger partial charge in [-0.15, -0.1) is 0 Å². The number of likely N-dealkylation sites (N-methyl/N-ethyl adjacent to an activating group) is 2. The molecule has 2 unspecified atom stereocenters. The number of nitrogens with zero attached hydrogens (tertiary/aromatic N) is 1. The monoisotopic (exact) mass is 252 g/mol. The summed E-state index contributed by atoms with van der Waals surface area (Å²) in [5.74, 6) is -0.172. The summed E-state index contributed by atoms with van der Waals surface area (Å²) >= 11 is 0. The molecule has 0 aliphatic carbocycles. The lowest BCUT2D eigenvalue weighted by molar-refractivity contribution is -0.0449. The number of ether oxygens (including phenoxy) is 1. The summed E-state index contributed by atoms with van der Waals surface area (Å²) in [7, 11) is 1.85. The molecule has 4 heteroatoms. The average Bonchev–Trinajstić information content (AvgIpc) is 2.42.